The Morgan fingerprint density at radius 3 is 2.27 bits per heavy atom. The van der Waals surface area contributed by atoms with E-state index in [-0.39, 0.29) is 16.9 Å². The average Bonchev–Trinajstić information content (AvgIpc) is 2.67. The molecule has 1 N–H and O–H groups in total. The lowest BCUT2D eigenvalue weighted by molar-refractivity contribution is -0.138. The lowest BCUT2D eigenvalue weighted by Gasteiger charge is -2.22. The Hall–Kier alpha value is -3.26. The molecular weight excluding hydrogens is 428 g/mol. The minimum atomic E-state index is -4.87. The highest BCUT2D eigenvalue weighted by Gasteiger charge is 2.39. The van der Waals surface area contributed by atoms with Gasteiger partial charge in [-0.1, -0.05) is 0 Å². The Labute approximate surface area is 169 Å². The number of amides is 1. The maximum atomic E-state index is 13.1. The van der Waals surface area contributed by atoms with Crippen molar-refractivity contribution in [2.75, 3.05) is 11.1 Å². The lowest BCUT2D eigenvalue weighted by Crippen LogP contribution is -2.41. The average molecular weight is 442 g/mol. The number of rotatable bonds is 6. The van der Waals surface area contributed by atoms with Crippen LogP contribution in [0.1, 0.15) is 18.1 Å². The Kier molecular flexibility index (Phi) is 6.32. The molecule has 0 aliphatic heterocycles. The normalized spacial score (nSPS) is 13.7. The summed E-state index contributed by atoms with van der Waals surface area (Å²) in [5.41, 5.74) is -4.50. The molecule has 0 aliphatic carbocycles. The van der Waals surface area contributed by atoms with E-state index < -0.39 is 50.0 Å². The Morgan fingerprint density at radius 1 is 1.17 bits per heavy atom. The minimum Gasteiger partial charge on any atom is -0.325 e. The summed E-state index contributed by atoms with van der Waals surface area (Å²) in [4.78, 5) is 23.7. The number of nitrogens with one attached hydrogen (secondary N) is 1. The van der Waals surface area contributed by atoms with Gasteiger partial charge in [-0.05, 0) is 49.4 Å². The first-order valence-corrected chi connectivity index (χ1v) is 9.85. The standard InChI is InChI=1S/C19H14F4N2O4S/c1-18(10-26,11-30(28,29)15-6-3-13(20)4-7-15)17(27)25-14-5-2-12(9-24)16(8-14)19(21,22)23/h2-8,10H,11H2,1H3,(H,25,27). The summed E-state index contributed by atoms with van der Waals surface area (Å²) in [5.74, 6) is -2.85. The first-order chi connectivity index (χ1) is 13.8. The van der Waals surface area contributed by atoms with Crippen LogP contribution in [0.2, 0.25) is 0 Å². The number of hydrogen-bond acceptors (Lipinski definition) is 5. The molecule has 0 bridgehead atoms. The molecule has 0 aliphatic rings. The molecule has 1 atom stereocenters. The third-order valence-electron chi connectivity index (χ3n) is 4.14. The smallest absolute Gasteiger partial charge is 0.325 e. The van der Waals surface area contributed by atoms with Gasteiger partial charge in [0, 0.05) is 5.69 Å². The van der Waals surface area contributed by atoms with Gasteiger partial charge in [-0.25, -0.2) is 12.8 Å². The van der Waals surface area contributed by atoms with Gasteiger partial charge in [0.1, 0.15) is 17.5 Å². The number of halogens is 4. The molecule has 0 fully saturated rings. The van der Waals surface area contributed by atoms with Crippen molar-refractivity contribution in [3.8, 4) is 6.07 Å². The van der Waals surface area contributed by atoms with Gasteiger partial charge in [-0.15, -0.1) is 0 Å². The molecule has 0 saturated carbocycles. The van der Waals surface area contributed by atoms with Gasteiger partial charge < -0.3 is 10.1 Å². The van der Waals surface area contributed by atoms with Crippen LogP contribution < -0.4 is 5.32 Å². The van der Waals surface area contributed by atoms with E-state index in [0.717, 1.165) is 43.3 Å². The maximum absolute atomic E-state index is 13.1. The van der Waals surface area contributed by atoms with Crippen LogP contribution in [0.3, 0.4) is 0 Å². The fraction of sp³-hybridized carbons (Fsp3) is 0.211. The van der Waals surface area contributed by atoms with Gasteiger partial charge in [-0.2, -0.15) is 18.4 Å². The third kappa shape index (κ3) is 5.01. The Bertz CT molecular complexity index is 1120. The van der Waals surface area contributed by atoms with E-state index in [1.807, 2.05) is 0 Å². The molecule has 0 heterocycles. The van der Waals surface area contributed by atoms with E-state index in [1.54, 1.807) is 0 Å². The molecule has 6 nitrogen and oxygen atoms in total. The Morgan fingerprint density at radius 2 is 1.77 bits per heavy atom. The van der Waals surface area contributed by atoms with Crippen molar-refractivity contribution < 1.29 is 35.6 Å². The number of benzene rings is 2. The van der Waals surface area contributed by atoms with E-state index in [2.05, 4.69) is 5.32 Å². The van der Waals surface area contributed by atoms with Gasteiger partial charge >= 0.3 is 6.18 Å². The van der Waals surface area contributed by atoms with Gasteiger partial charge in [0.15, 0.2) is 9.84 Å². The summed E-state index contributed by atoms with van der Waals surface area (Å²) in [6.07, 6.45) is -4.80. The minimum absolute atomic E-state index is 0.0672. The highest BCUT2D eigenvalue weighted by atomic mass is 32.2. The molecule has 30 heavy (non-hydrogen) atoms. The lowest BCUT2D eigenvalue weighted by atomic mass is 9.94. The summed E-state index contributed by atoms with van der Waals surface area (Å²) >= 11 is 0. The van der Waals surface area contributed by atoms with E-state index in [1.165, 1.54) is 6.07 Å². The number of anilines is 1. The van der Waals surface area contributed by atoms with Crippen molar-refractivity contribution >= 4 is 27.7 Å². The molecule has 0 saturated heterocycles. The van der Waals surface area contributed by atoms with Gasteiger partial charge in [0.05, 0.1) is 27.8 Å². The number of carbonyl (C=O) groups excluding carboxylic acids is 2. The topological polar surface area (TPSA) is 104 Å². The van der Waals surface area contributed by atoms with Gasteiger partial charge in [0.2, 0.25) is 5.91 Å². The molecule has 1 amide bonds. The summed E-state index contributed by atoms with van der Waals surface area (Å²) in [6.45, 7) is 1.00. The molecule has 2 aromatic carbocycles. The largest absolute Gasteiger partial charge is 0.417 e. The number of hydrogen-bond donors (Lipinski definition) is 1. The molecule has 2 aromatic rings. The van der Waals surface area contributed by atoms with E-state index in [4.69, 9.17) is 5.26 Å². The molecule has 11 heteroatoms. The van der Waals surface area contributed by atoms with Crippen molar-refractivity contribution in [1.29, 1.82) is 5.26 Å². The highest BCUT2D eigenvalue weighted by molar-refractivity contribution is 7.91. The summed E-state index contributed by atoms with van der Waals surface area (Å²) in [5, 5.41) is 10.9. The van der Waals surface area contributed by atoms with Crippen molar-refractivity contribution in [3.05, 3.63) is 59.4 Å². The molecule has 1 unspecified atom stereocenters. The van der Waals surface area contributed by atoms with Crippen LogP contribution in [0.4, 0.5) is 23.2 Å². The number of nitriles is 1. The van der Waals surface area contributed by atoms with Crippen LogP contribution in [0.5, 0.6) is 0 Å². The maximum Gasteiger partial charge on any atom is 0.417 e. The molecule has 0 spiro atoms. The van der Waals surface area contributed by atoms with Crippen LogP contribution in [0, 0.1) is 22.6 Å². The quantitative estimate of drug-likeness (QED) is 0.320. The number of sulfone groups is 1. The van der Waals surface area contributed by atoms with E-state index in [9.17, 15) is 35.6 Å². The molecule has 2 rings (SSSR count). The third-order valence-corrected chi connectivity index (χ3v) is 6.11. The van der Waals surface area contributed by atoms with Crippen LogP contribution in [-0.2, 0) is 25.6 Å². The first kappa shape index (κ1) is 23.0. The fourth-order valence-electron chi connectivity index (χ4n) is 2.50. The number of alkyl halides is 3. The second-order valence-corrected chi connectivity index (χ2v) is 8.56. The predicted octanol–water partition coefficient (Wildman–Crippen LogP) is 3.33. The van der Waals surface area contributed by atoms with Crippen molar-refractivity contribution in [3.63, 3.8) is 0 Å². The number of nitrogens with zero attached hydrogens (tertiary/aromatic N) is 1. The highest BCUT2D eigenvalue weighted by Crippen LogP contribution is 2.34. The summed E-state index contributed by atoms with van der Waals surface area (Å²) < 4.78 is 77.2. The molecular formula is C19H14F4N2O4S. The van der Waals surface area contributed by atoms with Crippen molar-refractivity contribution in [1.82, 2.24) is 0 Å². The van der Waals surface area contributed by atoms with E-state index in [0.29, 0.717) is 6.07 Å². The number of aldehydes is 1. The van der Waals surface area contributed by atoms with Crippen LogP contribution >= 0.6 is 0 Å². The molecule has 158 valence electrons. The molecule has 0 aromatic heterocycles. The zero-order chi connectivity index (χ0) is 22.7. The van der Waals surface area contributed by atoms with Crippen LogP contribution in [0.25, 0.3) is 0 Å². The van der Waals surface area contributed by atoms with Crippen molar-refractivity contribution in [2.45, 2.75) is 18.0 Å². The van der Waals surface area contributed by atoms with Crippen LogP contribution in [-0.4, -0.2) is 26.4 Å². The second kappa shape index (κ2) is 8.23. The van der Waals surface area contributed by atoms with Crippen LogP contribution in [0.15, 0.2) is 47.4 Å². The summed E-state index contributed by atoms with van der Waals surface area (Å²) in [6, 6.07) is 7.45. The Balaban J connectivity index is 2.33. The predicted molar refractivity (Wildman–Crippen MR) is 97.4 cm³/mol. The van der Waals surface area contributed by atoms with Crippen molar-refractivity contribution in [2.24, 2.45) is 5.41 Å². The zero-order valence-corrected chi connectivity index (χ0v) is 16.1. The first-order valence-electron chi connectivity index (χ1n) is 8.20. The second-order valence-electron chi connectivity index (χ2n) is 6.57. The number of carbonyl (C=O) groups is 2. The SMILES string of the molecule is CC(C=O)(CS(=O)(=O)c1ccc(F)cc1)C(=O)Nc1ccc(C#N)c(C(F)(F)F)c1. The van der Waals surface area contributed by atoms with Gasteiger partial charge in [-0.3, -0.25) is 4.79 Å². The monoisotopic (exact) mass is 442 g/mol. The zero-order valence-electron chi connectivity index (χ0n) is 15.3. The fourth-order valence-corrected chi connectivity index (χ4v) is 4.21. The van der Waals surface area contributed by atoms with E-state index >= 15 is 0 Å². The summed E-state index contributed by atoms with van der Waals surface area (Å²) in [7, 11) is -4.21. The molecule has 0 radical (unpaired) electrons. The van der Waals surface area contributed by atoms with Gasteiger partial charge in [0.25, 0.3) is 0 Å².